The third-order valence-electron chi connectivity index (χ3n) is 2.47. The first-order valence-electron chi connectivity index (χ1n) is 5.31. The Bertz CT molecular complexity index is 644. The smallest absolute Gasteiger partial charge is 0.338 e. The third kappa shape index (κ3) is 2.13. The molecule has 0 aliphatic heterocycles. The van der Waals surface area contributed by atoms with Gasteiger partial charge in [-0.25, -0.2) is 4.79 Å². The number of carbonyl (C=O) groups excluding carboxylic acids is 1. The summed E-state index contributed by atoms with van der Waals surface area (Å²) in [5, 5.41) is 20.1. The summed E-state index contributed by atoms with van der Waals surface area (Å²) in [6.07, 6.45) is 0. The number of hydrogen-bond acceptors (Lipinski definition) is 4. The molecule has 0 unspecified atom stereocenters. The van der Waals surface area contributed by atoms with Gasteiger partial charge in [-0.3, -0.25) is 0 Å². The van der Waals surface area contributed by atoms with E-state index in [9.17, 15) is 15.0 Å². The lowest BCUT2D eigenvalue weighted by atomic mass is 10.1. The zero-order valence-electron chi connectivity index (χ0n) is 9.80. The lowest BCUT2D eigenvalue weighted by Crippen LogP contribution is -2.08. The highest BCUT2D eigenvalue weighted by Gasteiger charge is 2.11. The fraction of sp³-hybridized carbons (Fsp3) is 0.0714. The zero-order valence-corrected chi connectivity index (χ0v) is 9.80. The minimum Gasteiger partial charge on any atom is -0.508 e. The molecule has 4 nitrogen and oxygen atoms in total. The van der Waals surface area contributed by atoms with Gasteiger partial charge in [0.2, 0.25) is 0 Å². The highest BCUT2D eigenvalue weighted by atomic mass is 16.5. The number of carbonyl (C=O) groups is 1. The van der Waals surface area contributed by atoms with Gasteiger partial charge in [0.25, 0.3) is 0 Å². The van der Waals surface area contributed by atoms with Crippen LogP contribution in [0.25, 0.3) is 10.8 Å². The number of phenols is 2. The van der Waals surface area contributed by atoms with Crippen molar-refractivity contribution in [2.45, 2.75) is 6.92 Å². The summed E-state index contributed by atoms with van der Waals surface area (Å²) in [7, 11) is 0. The summed E-state index contributed by atoms with van der Waals surface area (Å²) >= 11 is 0. The van der Waals surface area contributed by atoms with Crippen LogP contribution in [0.5, 0.6) is 17.2 Å². The molecule has 2 rings (SSSR count). The molecule has 0 spiro atoms. The van der Waals surface area contributed by atoms with E-state index in [-0.39, 0.29) is 22.8 Å². The maximum absolute atomic E-state index is 11.5. The largest absolute Gasteiger partial charge is 0.508 e. The van der Waals surface area contributed by atoms with Crippen LogP contribution < -0.4 is 4.74 Å². The van der Waals surface area contributed by atoms with Crippen molar-refractivity contribution in [2.24, 2.45) is 0 Å². The first kappa shape index (κ1) is 12.0. The molecule has 2 aromatic rings. The summed E-state index contributed by atoms with van der Waals surface area (Å²) in [6, 6.07) is 7.56. The third-order valence-corrected chi connectivity index (χ3v) is 2.47. The molecular weight excluding hydrogens is 232 g/mol. The molecule has 0 atom stereocenters. The van der Waals surface area contributed by atoms with Crippen LogP contribution in [-0.2, 0) is 4.79 Å². The highest BCUT2D eigenvalue weighted by molar-refractivity contribution is 5.97. The lowest BCUT2D eigenvalue weighted by Gasteiger charge is -2.09. The monoisotopic (exact) mass is 244 g/mol. The quantitative estimate of drug-likeness (QED) is 0.484. The average molecular weight is 244 g/mol. The molecule has 0 aliphatic rings. The second-order valence-electron chi connectivity index (χ2n) is 3.99. The molecule has 0 saturated carbocycles. The van der Waals surface area contributed by atoms with Gasteiger partial charge >= 0.3 is 5.97 Å². The van der Waals surface area contributed by atoms with Crippen LogP contribution in [0.15, 0.2) is 42.5 Å². The summed E-state index contributed by atoms with van der Waals surface area (Å²) in [4.78, 5) is 11.5. The molecule has 0 bridgehead atoms. The summed E-state index contributed by atoms with van der Waals surface area (Å²) in [5.41, 5.74) is 0.274. The molecule has 0 heterocycles. The Morgan fingerprint density at radius 1 is 1.22 bits per heavy atom. The number of fused-ring (bicyclic) bond motifs is 1. The van der Waals surface area contributed by atoms with Crippen molar-refractivity contribution in [3.05, 3.63) is 42.5 Å². The van der Waals surface area contributed by atoms with Crippen LogP contribution in [0.2, 0.25) is 0 Å². The van der Waals surface area contributed by atoms with Gasteiger partial charge in [-0.05, 0) is 19.1 Å². The van der Waals surface area contributed by atoms with Gasteiger partial charge in [-0.2, -0.15) is 0 Å². The van der Waals surface area contributed by atoms with Gasteiger partial charge in [0.1, 0.15) is 17.2 Å². The van der Waals surface area contributed by atoms with Gasteiger partial charge < -0.3 is 14.9 Å². The first-order chi connectivity index (χ1) is 8.49. The van der Waals surface area contributed by atoms with Gasteiger partial charge in [0, 0.05) is 22.4 Å². The van der Waals surface area contributed by atoms with E-state index in [0.717, 1.165) is 0 Å². The lowest BCUT2D eigenvalue weighted by molar-refractivity contribution is -0.129. The van der Waals surface area contributed by atoms with E-state index in [0.29, 0.717) is 10.8 Å². The van der Waals surface area contributed by atoms with Crippen LogP contribution in [0, 0.1) is 0 Å². The maximum Gasteiger partial charge on any atom is 0.338 e. The van der Waals surface area contributed by atoms with E-state index in [4.69, 9.17) is 4.74 Å². The zero-order chi connectivity index (χ0) is 13.3. The van der Waals surface area contributed by atoms with Gasteiger partial charge in [0.05, 0.1) is 0 Å². The SMILES string of the molecule is C=C(C)C(=O)Oc1cccc2c(O)cc(O)cc12. The van der Waals surface area contributed by atoms with Gasteiger partial charge in [-0.1, -0.05) is 18.7 Å². The Labute approximate surface area is 104 Å². The van der Waals surface area contributed by atoms with Crippen molar-refractivity contribution in [3.8, 4) is 17.2 Å². The number of rotatable bonds is 2. The van der Waals surface area contributed by atoms with Crippen molar-refractivity contribution >= 4 is 16.7 Å². The number of esters is 1. The molecule has 0 saturated heterocycles. The molecule has 92 valence electrons. The Morgan fingerprint density at radius 2 is 1.94 bits per heavy atom. The molecule has 0 amide bonds. The standard InChI is InChI=1S/C14H12O4/c1-8(2)14(17)18-13-5-3-4-10-11(13)6-9(15)7-12(10)16/h3-7,15-16H,1H2,2H3. The molecule has 4 heteroatoms. The van der Waals surface area contributed by atoms with Crippen molar-refractivity contribution < 1.29 is 19.7 Å². The second-order valence-corrected chi connectivity index (χ2v) is 3.99. The van der Waals surface area contributed by atoms with Crippen LogP contribution >= 0.6 is 0 Å². The number of benzene rings is 2. The van der Waals surface area contributed by atoms with Crippen molar-refractivity contribution in [1.29, 1.82) is 0 Å². The molecule has 0 radical (unpaired) electrons. The minimum atomic E-state index is -0.551. The molecule has 0 fully saturated rings. The molecule has 2 N–H and O–H groups in total. The normalized spacial score (nSPS) is 10.3. The Morgan fingerprint density at radius 3 is 2.61 bits per heavy atom. The van der Waals surface area contributed by atoms with Gasteiger partial charge in [0.15, 0.2) is 0 Å². The highest BCUT2D eigenvalue weighted by Crippen LogP contribution is 2.35. The van der Waals surface area contributed by atoms with E-state index in [1.807, 2.05) is 0 Å². The van der Waals surface area contributed by atoms with Gasteiger partial charge in [-0.15, -0.1) is 0 Å². The predicted molar refractivity (Wildman–Crippen MR) is 67.7 cm³/mol. The fourth-order valence-corrected chi connectivity index (χ4v) is 1.60. The topological polar surface area (TPSA) is 66.8 Å². The fourth-order valence-electron chi connectivity index (χ4n) is 1.60. The molecular formula is C14H12O4. The van der Waals surface area contributed by atoms with E-state index in [1.54, 1.807) is 25.1 Å². The van der Waals surface area contributed by atoms with E-state index < -0.39 is 5.97 Å². The van der Waals surface area contributed by atoms with Crippen molar-refractivity contribution in [2.75, 3.05) is 0 Å². The van der Waals surface area contributed by atoms with Crippen LogP contribution in [0.1, 0.15) is 6.92 Å². The maximum atomic E-state index is 11.5. The minimum absolute atomic E-state index is 0.0711. The number of phenolic OH excluding ortho intramolecular Hbond substituents is 2. The second kappa shape index (κ2) is 4.41. The van der Waals surface area contributed by atoms with Crippen LogP contribution in [0.4, 0.5) is 0 Å². The summed E-state index contributed by atoms with van der Waals surface area (Å²) in [5.74, 6) is -0.450. The number of hydrogen-bond donors (Lipinski definition) is 2. The predicted octanol–water partition coefficient (Wildman–Crippen LogP) is 2.73. The van der Waals surface area contributed by atoms with Crippen LogP contribution in [0.3, 0.4) is 0 Å². The van der Waals surface area contributed by atoms with Crippen molar-refractivity contribution in [1.82, 2.24) is 0 Å². The Hall–Kier alpha value is -2.49. The van der Waals surface area contributed by atoms with Crippen LogP contribution in [-0.4, -0.2) is 16.2 Å². The molecule has 0 aromatic heterocycles. The van der Waals surface area contributed by atoms with E-state index >= 15 is 0 Å². The van der Waals surface area contributed by atoms with E-state index in [2.05, 4.69) is 6.58 Å². The number of aromatic hydroxyl groups is 2. The molecule has 18 heavy (non-hydrogen) atoms. The van der Waals surface area contributed by atoms with Crippen molar-refractivity contribution in [3.63, 3.8) is 0 Å². The number of ether oxygens (including phenoxy) is 1. The average Bonchev–Trinajstić information content (AvgIpc) is 2.29. The summed E-state index contributed by atoms with van der Waals surface area (Å²) < 4.78 is 5.14. The summed E-state index contributed by atoms with van der Waals surface area (Å²) in [6.45, 7) is 5.04. The first-order valence-corrected chi connectivity index (χ1v) is 5.31. The van der Waals surface area contributed by atoms with E-state index in [1.165, 1.54) is 12.1 Å². The Balaban J connectivity index is 2.58. The molecule has 2 aromatic carbocycles. The molecule has 0 aliphatic carbocycles. The Kier molecular flexibility index (Phi) is 2.93.